The quantitative estimate of drug-likeness (QED) is 0.535. The summed E-state index contributed by atoms with van der Waals surface area (Å²) in [7, 11) is 0. The Morgan fingerprint density at radius 2 is 1.77 bits per heavy atom. The van der Waals surface area contributed by atoms with E-state index in [0.29, 0.717) is 30.2 Å². The number of likely N-dealkylation sites (tertiary alicyclic amines) is 1. The van der Waals surface area contributed by atoms with E-state index in [2.05, 4.69) is 0 Å². The van der Waals surface area contributed by atoms with Gasteiger partial charge in [0.1, 0.15) is 30.6 Å². The third kappa shape index (κ3) is 5.32. The fourth-order valence-corrected chi connectivity index (χ4v) is 3.20. The van der Waals surface area contributed by atoms with Crippen LogP contribution in [0.4, 0.5) is 8.78 Å². The molecule has 0 bridgehead atoms. The van der Waals surface area contributed by atoms with Gasteiger partial charge in [-0.15, -0.1) is 0 Å². The summed E-state index contributed by atoms with van der Waals surface area (Å²) >= 11 is 0. The Morgan fingerprint density at radius 1 is 1.07 bits per heavy atom. The Bertz CT molecular complexity index is 949. The molecule has 1 heterocycles. The van der Waals surface area contributed by atoms with Gasteiger partial charge in [0.2, 0.25) is 0 Å². The van der Waals surface area contributed by atoms with Crippen LogP contribution in [0.25, 0.3) is 0 Å². The Labute approximate surface area is 172 Å². The van der Waals surface area contributed by atoms with Gasteiger partial charge in [0, 0.05) is 19.2 Å². The molecule has 2 aromatic carbocycles. The number of benzene rings is 2. The van der Waals surface area contributed by atoms with Crippen LogP contribution >= 0.6 is 0 Å². The van der Waals surface area contributed by atoms with Crippen LogP contribution in [0.2, 0.25) is 0 Å². The lowest BCUT2D eigenvalue weighted by molar-refractivity contribution is -0.150. The van der Waals surface area contributed by atoms with E-state index in [1.54, 1.807) is 24.3 Å². The van der Waals surface area contributed by atoms with Crippen LogP contribution < -0.4 is 4.74 Å². The Morgan fingerprint density at radius 3 is 2.40 bits per heavy atom. The molecule has 1 amide bonds. The van der Waals surface area contributed by atoms with Crippen molar-refractivity contribution in [2.24, 2.45) is 5.92 Å². The molecular formula is C22H20F2N2O4. The largest absolute Gasteiger partial charge is 0.490 e. The molecule has 30 heavy (non-hydrogen) atoms. The number of piperidine rings is 1. The van der Waals surface area contributed by atoms with Gasteiger partial charge in [0.15, 0.2) is 0 Å². The van der Waals surface area contributed by atoms with Crippen LogP contribution in [0.1, 0.15) is 28.8 Å². The second-order valence-electron chi connectivity index (χ2n) is 6.84. The second-order valence-corrected chi connectivity index (χ2v) is 6.84. The molecule has 1 saturated heterocycles. The van der Waals surface area contributed by atoms with Crippen LogP contribution in [0.3, 0.4) is 0 Å². The molecule has 1 aliphatic heterocycles. The molecule has 0 atom stereocenters. The number of carbonyl (C=O) groups is 2. The number of halogens is 2. The van der Waals surface area contributed by atoms with E-state index in [1.165, 1.54) is 4.90 Å². The molecule has 0 aliphatic carbocycles. The maximum Gasteiger partial charge on any atom is 0.309 e. The Balaban J connectivity index is 1.40. The zero-order chi connectivity index (χ0) is 21.5. The van der Waals surface area contributed by atoms with E-state index >= 15 is 0 Å². The van der Waals surface area contributed by atoms with Gasteiger partial charge in [-0.05, 0) is 49.2 Å². The van der Waals surface area contributed by atoms with Crippen molar-refractivity contribution in [1.82, 2.24) is 4.90 Å². The number of carbonyl (C=O) groups excluding carboxylic acids is 2. The summed E-state index contributed by atoms with van der Waals surface area (Å²) in [6, 6.07) is 11.5. The minimum Gasteiger partial charge on any atom is -0.490 e. The second kappa shape index (κ2) is 9.83. The molecule has 0 aromatic heterocycles. The van der Waals surface area contributed by atoms with Crippen molar-refractivity contribution in [2.75, 3.05) is 26.3 Å². The number of nitrogens with zero attached hydrogens (tertiary/aromatic N) is 2. The molecule has 3 rings (SSSR count). The summed E-state index contributed by atoms with van der Waals surface area (Å²) in [5.74, 6) is -2.29. The fourth-order valence-electron chi connectivity index (χ4n) is 3.20. The van der Waals surface area contributed by atoms with Crippen molar-refractivity contribution in [2.45, 2.75) is 12.8 Å². The summed E-state index contributed by atoms with van der Waals surface area (Å²) in [4.78, 5) is 26.1. The first kappa shape index (κ1) is 21.2. The minimum atomic E-state index is -0.899. The number of ether oxygens (including phenoxy) is 2. The fraction of sp³-hybridized carbons (Fsp3) is 0.318. The number of esters is 1. The molecule has 0 saturated carbocycles. The van der Waals surface area contributed by atoms with Crippen molar-refractivity contribution in [1.29, 1.82) is 5.26 Å². The van der Waals surface area contributed by atoms with Crippen LogP contribution in [-0.4, -0.2) is 43.1 Å². The summed E-state index contributed by atoms with van der Waals surface area (Å²) in [6.07, 6.45) is 0.813. The van der Waals surface area contributed by atoms with E-state index in [9.17, 15) is 18.4 Å². The lowest BCUT2D eigenvalue weighted by atomic mass is 9.96. The molecule has 0 radical (unpaired) electrons. The zero-order valence-electron chi connectivity index (χ0n) is 16.1. The van der Waals surface area contributed by atoms with Crippen molar-refractivity contribution in [3.8, 4) is 11.8 Å². The molecule has 0 N–H and O–H groups in total. The zero-order valence-corrected chi connectivity index (χ0v) is 16.1. The van der Waals surface area contributed by atoms with Crippen molar-refractivity contribution < 1.29 is 27.8 Å². The number of nitriles is 1. The monoisotopic (exact) mass is 414 g/mol. The molecular weight excluding hydrogens is 394 g/mol. The first-order chi connectivity index (χ1) is 14.5. The predicted molar refractivity (Wildman–Crippen MR) is 103 cm³/mol. The van der Waals surface area contributed by atoms with E-state index in [-0.39, 0.29) is 43.8 Å². The third-order valence-corrected chi connectivity index (χ3v) is 4.86. The SMILES string of the molecule is N#Cc1ccc(OCCOC(=O)C2CCN(C(=O)c3ccc(F)cc3F)CC2)cc1. The highest BCUT2D eigenvalue weighted by atomic mass is 19.1. The van der Waals surface area contributed by atoms with E-state index in [4.69, 9.17) is 14.7 Å². The summed E-state index contributed by atoms with van der Waals surface area (Å²) in [6.45, 7) is 0.839. The van der Waals surface area contributed by atoms with Gasteiger partial charge in [0.05, 0.1) is 23.1 Å². The highest BCUT2D eigenvalue weighted by Gasteiger charge is 2.29. The molecule has 6 nitrogen and oxygen atoms in total. The molecule has 2 aromatic rings. The molecule has 0 spiro atoms. The average molecular weight is 414 g/mol. The predicted octanol–water partition coefficient (Wildman–Crippen LogP) is 3.31. The van der Waals surface area contributed by atoms with Gasteiger partial charge >= 0.3 is 5.97 Å². The smallest absolute Gasteiger partial charge is 0.309 e. The number of hydrogen-bond donors (Lipinski definition) is 0. The normalized spacial score (nSPS) is 14.1. The van der Waals surface area contributed by atoms with Crippen LogP contribution in [0, 0.1) is 28.9 Å². The molecule has 1 aliphatic rings. The van der Waals surface area contributed by atoms with Gasteiger partial charge in [-0.1, -0.05) is 0 Å². The Kier molecular flexibility index (Phi) is 6.96. The van der Waals surface area contributed by atoms with Gasteiger partial charge in [0.25, 0.3) is 5.91 Å². The maximum atomic E-state index is 13.8. The topological polar surface area (TPSA) is 79.6 Å². The van der Waals surface area contributed by atoms with Gasteiger partial charge in [-0.2, -0.15) is 5.26 Å². The summed E-state index contributed by atoms with van der Waals surface area (Å²) < 4.78 is 37.5. The lowest BCUT2D eigenvalue weighted by Crippen LogP contribution is -2.41. The summed E-state index contributed by atoms with van der Waals surface area (Å²) in [5.41, 5.74) is 0.346. The molecule has 0 unspecified atom stereocenters. The molecule has 1 fully saturated rings. The van der Waals surface area contributed by atoms with E-state index < -0.39 is 17.5 Å². The maximum absolute atomic E-state index is 13.8. The number of amides is 1. The highest BCUT2D eigenvalue weighted by molar-refractivity contribution is 5.94. The van der Waals surface area contributed by atoms with Crippen LogP contribution in [0.5, 0.6) is 5.75 Å². The lowest BCUT2D eigenvalue weighted by Gasteiger charge is -2.31. The first-order valence-corrected chi connectivity index (χ1v) is 9.52. The van der Waals surface area contributed by atoms with Gasteiger partial charge in [-0.25, -0.2) is 8.78 Å². The van der Waals surface area contributed by atoms with Crippen LogP contribution in [0.15, 0.2) is 42.5 Å². The van der Waals surface area contributed by atoms with Crippen molar-refractivity contribution in [3.63, 3.8) is 0 Å². The van der Waals surface area contributed by atoms with Gasteiger partial charge < -0.3 is 14.4 Å². The van der Waals surface area contributed by atoms with Crippen molar-refractivity contribution >= 4 is 11.9 Å². The van der Waals surface area contributed by atoms with E-state index in [1.807, 2.05) is 6.07 Å². The minimum absolute atomic E-state index is 0.0821. The van der Waals surface area contributed by atoms with Crippen LogP contribution in [-0.2, 0) is 9.53 Å². The highest BCUT2D eigenvalue weighted by Crippen LogP contribution is 2.21. The van der Waals surface area contributed by atoms with E-state index in [0.717, 1.165) is 12.1 Å². The summed E-state index contributed by atoms with van der Waals surface area (Å²) in [5, 5.41) is 8.75. The molecule has 8 heteroatoms. The Hall–Kier alpha value is -3.47. The van der Waals surface area contributed by atoms with Gasteiger partial charge in [-0.3, -0.25) is 9.59 Å². The average Bonchev–Trinajstić information content (AvgIpc) is 2.76. The standard InChI is InChI=1S/C22H20F2N2O4/c23-17-3-6-19(20(24)13-17)21(27)26-9-7-16(8-10-26)22(28)30-12-11-29-18-4-1-15(14-25)2-5-18/h1-6,13,16H,7-12H2. The molecule has 156 valence electrons. The number of hydrogen-bond acceptors (Lipinski definition) is 5. The van der Waals surface area contributed by atoms with Crippen molar-refractivity contribution in [3.05, 3.63) is 65.2 Å². The first-order valence-electron chi connectivity index (χ1n) is 9.52. The third-order valence-electron chi connectivity index (χ3n) is 4.86. The number of rotatable bonds is 6.